The summed E-state index contributed by atoms with van der Waals surface area (Å²) < 4.78 is 0. The van der Waals surface area contributed by atoms with Gasteiger partial charge in [0, 0.05) is 5.92 Å². The standard InChI is InChI=1S/C7H9Cl2N3O/c1-4(3-13-10)5-2-6(8)11-12-7(5)9/h2,4H,3,10H2,1H3. The SMILES string of the molecule is CC(CON)c1cc(Cl)nnc1Cl. The van der Waals surface area contributed by atoms with Crippen molar-refractivity contribution in [3.63, 3.8) is 0 Å². The highest BCUT2D eigenvalue weighted by Crippen LogP contribution is 2.23. The maximum Gasteiger partial charge on any atom is 0.155 e. The van der Waals surface area contributed by atoms with Gasteiger partial charge in [0.15, 0.2) is 10.3 Å². The Labute approximate surface area is 85.9 Å². The van der Waals surface area contributed by atoms with Crippen molar-refractivity contribution in [3.05, 3.63) is 21.9 Å². The van der Waals surface area contributed by atoms with Crippen LogP contribution in [0, 0.1) is 0 Å². The largest absolute Gasteiger partial charge is 0.304 e. The van der Waals surface area contributed by atoms with E-state index in [1.807, 2.05) is 6.92 Å². The van der Waals surface area contributed by atoms with Gasteiger partial charge in [-0.1, -0.05) is 30.1 Å². The molecule has 0 bridgehead atoms. The molecule has 1 heterocycles. The lowest BCUT2D eigenvalue weighted by atomic mass is 10.1. The summed E-state index contributed by atoms with van der Waals surface area (Å²) in [6, 6.07) is 1.65. The molecule has 0 aromatic carbocycles. The van der Waals surface area contributed by atoms with E-state index in [9.17, 15) is 0 Å². The van der Waals surface area contributed by atoms with Crippen LogP contribution in [-0.4, -0.2) is 16.8 Å². The molecule has 1 aromatic rings. The van der Waals surface area contributed by atoms with Crippen molar-refractivity contribution in [2.45, 2.75) is 12.8 Å². The van der Waals surface area contributed by atoms with Gasteiger partial charge < -0.3 is 4.84 Å². The third-order valence-corrected chi connectivity index (χ3v) is 2.10. The first-order valence-corrected chi connectivity index (χ1v) is 4.41. The summed E-state index contributed by atoms with van der Waals surface area (Å²) in [5.74, 6) is 4.99. The average Bonchev–Trinajstić information content (AvgIpc) is 2.09. The van der Waals surface area contributed by atoms with Gasteiger partial charge in [-0.2, -0.15) is 0 Å². The van der Waals surface area contributed by atoms with Gasteiger partial charge >= 0.3 is 0 Å². The van der Waals surface area contributed by atoms with E-state index in [0.29, 0.717) is 16.9 Å². The second-order valence-electron chi connectivity index (χ2n) is 2.65. The Morgan fingerprint density at radius 2 is 2.23 bits per heavy atom. The number of nitrogens with zero attached hydrogens (tertiary/aromatic N) is 2. The molecule has 1 unspecified atom stereocenters. The molecular weight excluding hydrogens is 213 g/mol. The maximum absolute atomic E-state index is 5.80. The molecule has 0 saturated heterocycles. The molecule has 2 N–H and O–H groups in total. The molecule has 13 heavy (non-hydrogen) atoms. The summed E-state index contributed by atoms with van der Waals surface area (Å²) in [5, 5.41) is 7.90. The van der Waals surface area contributed by atoms with Gasteiger partial charge in [-0.3, -0.25) is 0 Å². The van der Waals surface area contributed by atoms with E-state index in [1.54, 1.807) is 6.07 Å². The summed E-state index contributed by atoms with van der Waals surface area (Å²) >= 11 is 11.5. The lowest BCUT2D eigenvalue weighted by Gasteiger charge is -2.10. The molecule has 1 aromatic heterocycles. The first-order chi connectivity index (χ1) is 6.15. The molecule has 72 valence electrons. The van der Waals surface area contributed by atoms with E-state index in [2.05, 4.69) is 15.0 Å². The first-order valence-electron chi connectivity index (χ1n) is 3.65. The number of nitrogens with two attached hydrogens (primary N) is 1. The Morgan fingerprint density at radius 3 is 2.85 bits per heavy atom. The number of aromatic nitrogens is 2. The van der Waals surface area contributed by atoms with E-state index in [-0.39, 0.29) is 5.92 Å². The summed E-state index contributed by atoms with van der Waals surface area (Å²) in [7, 11) is 0. The Bertz CT molecular complexity index is 295. The van der Waals surface area contributed by atoms with Gasteiger partial charge in [-0.25, -0.2) is 5.90 Å². The first kappa shape index (κ1) is 10.7. The van der Waals surface area contributed by atoms with Crippen molar-refractivity contribution in [1.82, 2.24) is 10.2 Å². The fourth-order valence-electron chi connectivity index (χ4n) is 0.946. The fourth-order valence-corrected chi connectivity index (χ4v) is 1.38. The van der Waals surface area contributed by atoms with Crippen LogP contribution in [0.5, 0.6) is 0 Å². The topological polar surface area (TPSA) is 61.0 Å². The van der Waals surface area contributed by atoms with Crippen molar-refractivity contribution >= 4 is 23.2 Å². The molecule has 0 amide bonds. The second kappa shape index (κ2) is 4.72. The number of rotatable bonds is 3. The molecule has 0 aliphatic heterocycles. The van der Waals surface area contributed by atoms with Crippen LogP contribution >= 0.6 is 23.2 Å². The molecular formula is C7H9Cl2N3O. The number of halogens is 2. The Balaban J connectivity index is 2.91. The van der Waals surface area contributed by atoms with Gasteiger partial charge in [0.25, 0.3) is 0 Å². The van der Waals surface area contributed by atoms with E-state index >= 15 is 0 Å². The summed E-state index contributed by atoms with van der Waals surface area (Å²) in [4.78, 5) is 4.50. The van der Waals surface area contributed by atoms with Crippen molar-refractivity contribution in [1.29, 1.82) is 0 Å². The minimum Gasteiger partial charge on any atom is -0.304 e. The van der Waals surface area contributed by atoms with Crippen LogP contribution in [0.15, 0.2) is 6.07 Å². The number of hydrogen-bond acceptors (Lipinski definition) is 4. The average molecular weight is 222 g/mol. The zero-order chi connectivity index (χ0) is 9.84. The van der Waals surface area contributed by atoms with Gasteiger partial charge in [0.05, 0.1) is 6.61 Å². The minimum atomic E-state index is 0.0468. The molecule has 0 saturated carbocycles. The Kier molecular flexibility index (Phi) is 3.87. The van der Waals surface area contributed by atoms with Crippen molar-refractivity contribution in [2.24, 2.45) is 5.90 Å². The van der Waals surface area contributed by atoms with E-state index in [0.717, 1.165) is 5.56 Å². The van der Waals surface area contributed by atoms with Gasteiger partial charge in [-0.05, 0) is 11.6 Å². The molecule has 1 rings (SSSR count). The molecule has 6 heteroatoms. The summed E-state index contributed by atoms with van der Waals surface area (Å²) in [6.45, 7) is 2.27. The lowest BCUT2D eigenvalue weighted by Crippen LogP contribution is -2.09. The monoisotopic (exact) mass is 221 g/mol. The van der Waals surface area contributed by atoms with Crippen LogP contribution in [0.4, 0.5) is 0 Å². The lowest BCUT2D eigenvalue weighted by molar-refractivity contribution is 0.126. The van der Waals surface area contributed by atoms with Crippen LogP contribution < -0.4 is 5.90 Å². The zero-order valence-corrected chi connectivity index (χ0v) is 8.51. The van der Waals surface area contributed by atoms with Crippen LogP contribution in [-0.2, 0) is 4.84 Å². The quantitative estimate of drug-likeness (QED) is 0.791. The molecule has 1 atom stereocenters. The van der Waals surface area contributed by atoms with Crippen LogP contribution in [0.2, 0.25) is 10.3 Å². The highest BCUT2D eigenvalue weighted by molar-refractivity contribution is 6.31. The fraction of sp³-hybridized carbons (Fsp3) is 0.429. The highest BCUT2D eigenvalue weighted by atomic mass is 35.5. The third-order valence-electron chi connectivity index (χ3n) is 1.62. The van der Waals surface area contributed by atoms with Crippen molar-refractivity contribution in [3.8, 4) is 0 Å². The summed E-state index contributed by atoms with van der Waals surface area (Å²) in [6.07, 6.45) is 0. The molecule has 0 radical (unpaired) electrons. The normalized spacial score (nSPS) is 12.9. The van der Waals surface area contributed by atoms with Crippen LogP contribution in [0.25, 0.3) is 0 Å². The molecule has 0 spiro atoms. The van der Waals surface area contributed by atoms with Crippen LogP contribution in [0.3, 0.4) is 0 Å². The van der Waals surface area contributed by atoms with Crippen LogP contribution in [0.1, 0.15) is 18.4 Å². The predicted molar refractivity (Wildman–Crippen MR) is 50.6 cm³/mol. The molecule has 0 aliphatic rings. The molecule has 0 aliphatic carbocycles. The Hall–Kier alpha value is -0.420. The van der Waals surface area contributed by atoms with E-state index in [1.165, 1.54) is 0 Å². The van der Waals surface area contributed by atoms with Gasteiger partial charge in [0.2, 0.25) is 0 Å². The predicted octanol–water partition coefficient (Wildman–Crippen LogP) is 1.78. The third kappa shape index (κ3) is 2.77. The molecule has 0 fully saturated rings. The van der Waals surface area contributed by atoms with Crippen molar-refractivity contribution in [2.75, 3.05) is 6.61 Å². The second-order valence-corrected chi connectivity index (χ2v) is 3.39. The van der Waals surface area contributed by atoms with Crippen molar-refractivity contribution < 1.29 is 4.84 Å². The Morgan fingerprint density at radius 1 is 1.54 bits per heavy atom. The van der Waals surface area contributed by atoms with E-state index < -0.39 is 0 Å². The highest BCUT2D eigenvalue weighted by Gasteiger charge is 2.11. The smallest absolute Gasteiger partial charge is 0.155 e. The zero-order valence-electron chi connectivity index (χ0n) is 7.00. The molecule has 4 nitrogen and oxygen atoms in total. The van der Waals surface area contributed by atoms with Gasteiger partial charge in [0.1, 0.15) is 0 Å². The maximum atomic E-state index is 5.80. The van der Waals surface area contributed by atoms with E-state index in [4.69, 9.17) is 29.1 Å². The summed E-state index contributed by atoms with van der Waals surface area (Å²) in [5.41, 5.74) is 0.784. The number of hydrogen-bond donors (Lipinski definition) is 1. The minimum absolute atomic E-state index is 0.0468. The van der Waals surface area contributed by atoms with Gasteiger partial charge in [-0.15, -0.1) is 10.2 Å².